The first-order valence-electron chi connectivity index (χ1n) is 7.19. The van der Waals surface area contributed by atoms with E-state index in [9.17, 15) is 4.79 Å². The monoisotopic (exact) mass is 267 g/mol. The Morgan fingerprint density at radius 1 is 0.950 bits per heavy atom. The van der Waals surface area contributed by atoms with Crippen LogP contribution in [0.5, 0.6) is 0 Å². The van der Waals surface area contributed by atoms with Crippen LogP contribution in [0.1, 0.15) is 31.7 Å². The summed E-state index contributed by atoms with van der Waals surface area (Å²) in [4.78, 5) is 14.7. The van der Waals surface area contributed by atoms with Gasteiger partial charge in [0.15, 0.2) is 0 Å². The molecule has 2 aromatic carbocycles. The first-order valence-corrected chi connectivity index (χ1v) is 7.19. The number of para-hydroxylation sites is 1. The predicted molar refractivity (Wildman–Crippen MR) is 83.9 cm³/mol. The molecule has 0 heterocycles. The smallest absolute Gasteiger partial charge is 0.234 e. The molecule has 2 heteroatoms. The van der Waals surface area contributed by atoms with E-state index in [-0.39, 0.29) is 11.8 Å². The lowest BCUT2D eigenvalue weighted by Crippen LogP contribution is -2.34. The molecule has 0 aliphatic heterocycles. The molecule has 0 aliphatic carbocycles. The molecule has 1 atom stereocenters. The Hall–Kier alpha value is -2.09. The van der Waals surface area contributed by atoms with Crippen molar-refractivity contribution in [3.05, 3.63) is 66.2 Å². The SMILES string of the molecule is CC[C@@H](C(=O)N(CC)c1ccccc1)c1ccccc1. The van der Waals surface area contributed by atoms with Gasteiger partial charge in [-0.05, 0) is 31.0 Å². The fraction of sp³-hybridized carbons (Fsp3) is 0.278. The number of nitrogens with zero attached hydrogens (tertiary/aromatic N) is 1. The summed E-state index contributed by atoms with van der Waals surface area (Å²) in [5.41, 5.74) is 2.06. The summed E-state index contributed by atoms with van der Waals surface area (Å²) in [5.74, 6) is 0.101. The summed E-state index contributed by atoms with van der Waals surface area (Å²) >= 11 is 0. The summed E-state index contributed by atoms with van der Waals surface area (Å²) < 4.78 is 0. The lowest BCUT2D eigenvalue weighted by molar-refractivity contribution is -0.120. The van der Waals surface area contributed by atoms with Gasteiger partial charge < -0.3 is 4.90 Å². The molecule has 104 valence electrons. The largest absolute Gasteiger partial charge is 0.312 e. The number of hydrogen-bond acceptors (Lipinski definition) is 1. The molecular formula is C18H21NO. The second-order valence-electron chi connectivity index (χ2n) is 4.79. The van der Waals surface area contributed by atoms with E-state index in [1.807, 2.05) is 72.5 Å². The highest BCUT2D eigenvalue weighted by Gasteiger charge is 2.24. The minimum Gasteiger partial charge on any atom is -0.312 e. The van der Waals surface area contributed by atoms with Crippen LogP contribution in [-0.4, -0.2) is 12.5 Å². The third-order valence-electron chi connectivity index (χ3n) is 3.56. The minimum atomic E-state index is -0.0728. The van der Waals surface area contributed by atoms with Crippen LogP contribution < -0.4 is 4.90 Å². The molecule has 2 rings (SSSR count). The molecule has 0 aromatic heterocycles. The van der Waals surface area contributed by atoms with E-state index in [2.05, 4.69) is 6.92 Å². The highest BCUT2D eigenvalue weighted by Crippen LogP contribution is 2.25. The van der Waals surface area contributed by atoms with Gasteiger partial charge >= 0.3 is 0 Å². The summed E-state index contributed by atoms with van der Waals surface area (Å²) in [6, 6.07) is 19.9. The second kappa shape index (κ2) is 6.90. The van der Waals surface area contributed by atoms with Crippen LogP contribution in [0.25, 0.3) is 0 Å². The van der Waals surface area contributed by atoms with Crippen LogP contribution in [-0.2, 0) is 4.79 Å². The van der Waals surface area contributed by atoms with Gasteiger partial charge in [0.1, 0.15) is 0 Å². The highest BCUT2D eigenvalue weighted by molar-refractivity contribution is 5.98. The summed E-state index contributed by atoms with van der Waals surface area (Å²) in [5, 5.41) is 0. The molecule has 2 aromatic rings. The molecule has 0 spiro atoms. The fourth-order valence-corrected chi connectivity index (χ4v) is 2.50. The van der Waals surface area contributed by atoms with E-state index >= 15 is 0 Å². The molecule has 20 heavy (non-hydrogen) atoms. The normalized spacial score (nSPS) is 11.9. The standard InChI is InChI=1S/C18H21NO/c1-3-17(15-11-7-5-8-12-15)18(20)19(4-2)16-13-9-6-10-14-16/h5-14,17H,3-4H2,1-2H3/t17-/m1/s1. The average Bonchev–Trinajstić information content (AvgIpc) is 2.51. The molecule has 0 N–H and O–H groups in total. The van der Waals surface area contributed by atoms with Crippen LogP contribution in [0, 0.1) is 0 Å². The number of likely N-dealkylation sites (N-methyl/N-ethyl adjacent to an activating group) is 1. The number of carbonyl (C=O) groups excluding carboxylic acids is 1. The Labute approximate surface area is 121 Å². The first kappa shape index (κ1) is 14.3. The Bertz CT molecular complexity index is 486. The number of rotatable bonds is 5. The van der Waals surface area contributed by atoms with E-state index < -0.39 is 0 Å². The molecule has 0 bridgehead atoms. The molecule has 0 saturated carbocycles. The third kappa shape index (κ3) is 3.08. The van der Waals surface area contributed by atoms with Crippen molar-refractivity contribution in [3.8, 4) is 0 Å². The lowest BCUT2D eigenvalue weighted by Gasteiger charge is -2.26. The number of amides is 1. The van der Waals surface area contributed by atoms with E-state index in [4.69, 9.17) is 0 Å². The lowest BCUT2D eigenvalue weighted by atomic mass is 9.95. The van der Waals surface area contributed by atoms with Crippen LogP contribution >= 0.6 is 0 Å². The summed E-state index contributed by atoms with van der Waals surface area (Å²) in [6.07, 6.45) is 0.812. The third-order valence-corrected chi connectivity index (χ3v) is 3.56. The maximum absolute atomic E-state index is 12.8. The zero-order valence-electron chi connectivity index (χ0n) is 12.1. The van der Waals surface area contributed by atoms with E-state index in [0.29, 0.717) is 6.54 Å². The Balaban J connectivity index is 2.28. The highest BCUT2D eigenvalue weighted by atomic mass is 16.2. The predicted octanol–water partition coefficient (Wildman–Crippen LogP) is 4.23. The van der Waals surface area contributed by atoms with Crippen molar-refractivity contribution in [3.63, 3.8) is 0 Å². The van der Waals surface area contributed by atoms with Gasteiger partial charge in [-0.25, -0.2) is 0 Å². The molecule has 0 fully saturated rings. The molecule has 0 radical (unpaired) electrons. The van der Waals surface area contributed by atoms with Crippen molar-refractivity contribution >= 4 is 11.6 Å². The maximum atomic E-state index is 12.8. The van der Waals surface area contributed by atoms with Crippen molar-refractivity contribution < 1.29 is 4.79 Å². The van der Waals surface area contributed by atoms with Crippen molar-refractivity contribution in [1.82, 2.24) is 0 Å². The van der Waals surface area contributed by atoms with Crippen molar-refractivity contribution in [2.24, 2.45) is 0 Å². The zero-order chi connectivity index (χ0) is 14.4. The molecule has 2 nitrogen and oxygen atoms in total. The molecular weight excluding hydrogens is 246 g/mol. The second-order valence-corrected chi connectivity index (χ2v) is 4.79. The summed E-state index contributed by atoms with van der Waals surface area (Å²) in [6.45, 7) is 4.77. The maximum Gasteiger partial charge on any atom is 0.234 e. The van der Waals surface area contributed by atoms with Crippen molar-refractivity contribution in [2.45, 2.75) is 26.2 Å². The van der Waals surface area contributed by atoms with Gasteiger partial charge in [-0.2, -0.15) is 0 Å². The number of benzene rings is 2. The van der Waals surface area contributed by atoms with Crippen LogP contribution in [0.4, 0.5) is 5.69 Å². The number of hydrogen-bond donors (Lipinski definition) is 0. The van der Waals surface area contributed by atoms with Gasteiger partial charge in [-0.3, -0.25) is 4.79 Å². The first-order chi connectivity index (χ1) is 9.77. The average molecular weight is 267 g/mol. The molecule has 0 unspecified atom stereocenters. The molecule has 0 saturated heterocycles. The van der Waals surface area contributed by atoms with Gasteiger partial charge in [0, 0.05) is 12.2 Å². The van der Waals surface area contributed by atoms with E-state index in [1.165, 1.54) is 0 Å². The van der Waals surface area contributed by atoms with Crippen molar-refractivity contribution in [2.75, 3.05) is 11.4 Å². The van der Waals surface area contributed by atoms with Gasteiger partial charge in [-0.1, -0.05) is 55.5 Å². The van der Waals surface area contributed by atoms with E-state index in [0.717, 1.165) is 17.7 Å². The van der Waals surface area contributed by atoms with Crippen molar-refractivity contribution in [1.29, 1.82) is 0 Å². The quantitative estimate of drug-likeness (QED) is 0.793. The summed E-state index contributed by atoms with van der Waals surface area (Å²) in [7, 11) is 0. The van der Waals surface area contributed by atoms with Crippen LogP contribution in [0.15, 0.2) is 60.7 Å². The van der Waals surface area contributed by atoms with Gasteiger partial charge in [0.2, 0.25) is 5.91 Å². The van der Waals surface area contributed by atoms with Crippen LogP contribution in [0.3, 0.4) is 0 Å². The Kier molecular flexibility index (Phi) is 4.94. The van der Waals surface area contributed by atoms with Crippen LogP contribution in [0.2, 0.25) is 0 Å². The Morgan fingerprint density at radius 3 is 2.00 bits per heavy atom. The zero-order valence-corrected chi connectivity index (χ0v) is 12.1. The molecule has 0 aliphatic rings. The van der Waals surface area contributed by atoms with Gasteiger partial charge in [-0.15, -0.1) is 0 Å². The molecule has 1 amide bonds. The number of anilines is 1. The fourth-order valence-electron chi connectivity index (χ4n) is 2.50. The number of carbonyl (C=O) groups is 1. The topological polar surface area (TPSA) is 20.3 Å². The Morgan fingerprint density at radius 2 is 1.50 bits per heavy atom. The van der Waals surface area contributed by atoms with E-state index in [1.54, 1.807) is 0 Å². The minimum absolute atomic E-state index is 0.0728. The van der Waals surface area contributed by atoms with Gasteiger partial charge in [0.05, 0.1) is 5.92 Å². The van der Waals surface area contributed by atoms with Gasteiger partial charge in [0.25, 0.3) is 0 Å².